The Morgan fingerprint density at radius 2 is 1.83 bits per heavy atom. The van der Waals surface area contributed by atoms with E-state index in [1.165, 1.54) is 36.2 Å². The van der Waals surface area contributed by atoms with Crippen LogP contribution in [-0.2, 0) is 9.59 Å². The standard InChI is InChI=1S/C14H17N3O6/c1-16(9-7-13(19)20)12(18)6-8-15-14(21)10-2-4-11(5-3-10)17(22)23/h2-5H,6-9H2,1H3,(H,15,21)(H,19,20). The summed E-state index contributed by atoms with van der Waals surface area (Å²) in [5, 5.41) is 21.6. The number of carbonyl (C=O) groups is 3. The van der Waals surface area contributed by atoms with Crippen molar-refractivity contribution in [2.24, 2.45) is 0 Å². The van der Waals surface area contributed by atoms with Crippen molar-refractivity contribution in [1.82, 2.24) is 10.2 Å². The second-order valence-electron chi connectivity index (χ2n) is 4.77. The van der Waals surface area contributed by atoms with Gasteiger partial charge in [-0.05, 0) is 12.1 Å². The molecular formula is C14H17N3O6. The van der Waals surface area contributed by atoms with Gasteiger partial charge < -0.3 is 15.3 Å². The average Bonchev–Trinajstić information content (AvgIpc) is 2.52. The van der Waals surface area contributed by atoms with Crippen molar-refractivity contribution >= 4 is 23.5 Å². The van der Waals surface area contributed by atoms with Crippen LogP contribution in [0.5, 0.6) is 0 Å². The largest absolute Gasteiger partial charge is 0.481 e. The molecule has 0 saturated heterocycles. The Hall–Kier alpha value is -2.97. The monoisotopic (exact) mass is 323 g/mol. The van der Waals surface area contributed by atoms with Gasteiger partial charge in [0.15, 0.2) is 0 Å². The molecule has 0 spiro atoms. The molecule has 23 heavy (non-hydrogen) atoms. The number of nitrogens with one attached hydrogen (secondary N) is 1. The van der Waals surface area contributed by atoms with Gasteiger partial charge in [0, 0.05) is 44.3 Å². The van der Waals surface area contributed by atoms with Crippen LogP contribution in [0.25, 0.3) is 0 Å². The first-order chi connectivity index (χ1) is 10.8. The fourth-order valence-electron chi connectivity index (χ4n) is 1.70. The molecule has 0 aliphatic rings. The Morgan fingerprint density at radius 1 is 1.22 bits per heavy atom. The van der Waals surface area contributed by atoms with E-state index in [-0.39, 0.29) is 43.1 Å². The number of carbonyl (C=O) groups excluding carboxylic acids is 2. The minimum Gasteiger partial charge on any atom is -0.481 e. The van der Waals surface area contributed by atoms with Crippen molar-refractivity contribution in [3.63, 3.8) is 0 Å². The maximum Gasteiger partial charge on any atom is 0.305 e. The number of nitro groups is 1. The quantitative estimate of drug-likeness (QED) is 0.533. The van der Waals surface area contributed by atoms with Gasteiger partial charge in [0.25, 0.3) is 11.6 Å². The highest BCUT2D eigenvalue weighted by Crippen LogP contribution is 2.11. The molecule has 1 aromatic rings. The van der Waals surface area contributed by atoms with Gasteiger partial charge in [-0.2, -0.15) is 0 Å². The van der Waals surface area contributed by atoms with Crippen LogP contribution in [-0.4, -0.2) is 52.9 Å². The Labute approximate surface area is 132 Å². The van der Waals surface area contributed by atoms with E-state index in [2.05, 4.69) is 5.32 Å². The number of rotatable bonds is 8. The second kappa shape index (κ2) is 8.47. The summed E-state index contributed by atoms with van der Waals surface area (Å²) >= 11 is 0. The first-order valence-corrected chi connectivity index (χ1v) is 6.79. The highest BCUT2D eigenvalue weighted by Gasteiger charge is 2.12. The van der Waals surface area contributed by atoms with Crippen LogP contribution in [0.4, 0.5) is 5.69 Å². The molecule has 0 bridgehead atoms. The highest BCUT2D eigenvalue weighted by atomic mass is 16.6. The van der Waals surface area contributed by atoms with Gasteiger partial charge >= 0.3 is 5.97 Å². The van der Waals surface area contributed by atoms with E-state index in [4.69, 9.17) is 5.11 Å². The number of nitrogens with zero attached hydrogens (tertiary/aromatic N) is 2. The highest BCUT2D eigenvalue weighted by molar-refractivity contribution is 5.94. The first-order valence-electron chi connectivity index (χ1n) is 6.79. The van der Waals surface area contributed by atoms with Crippen LogP contribution in [0.15, 0.2) is 24.3 Å². The smallest absolute Gasteiger partial charge is 0.305 e. The fraction of sp³-hybridized carbons (Fsp3) is 0.357. The lowest BCUT2D eigenvalue weighted by Gasteiger charge is -2.16. The Balaban J connectivity index is 2.39. The lowest BCUT2D eigenvalue weighted by Crippen LogP contribution is -2.33. The van der Waals surface area contributed by atoms with Gasteiger partial charge in [-0.15, -0.1) is 0 Å². The lowest BCUT2D eigenvalue weighted by molar-refractivity contribution is -0.384. The number of carboxylic acids is 1. The third-order valence-electron chi connectivity index (χ3n) is 3.05. The topological polar surface area (TPSA) is 130 Å². The molecule has 1 rings (SSSR count). The number of carboxylic acid groups (broad SMARTS) is 1. The first kappa shape index (κ1) is 18.1. The molecule has 9 nitrogen and oxygen atoms in total. The number of benzene rings is 1. The van der Waals surface area contributed by atoms with Gasteiger partial charge in [-0.1, -0.05) is 0 Å². The third kappa shape index (κ3) is 6.12. The van der Waals surface area contributed by atoms with Gasteiger partial charge in [0.1, 0.15) is 0 Å². The summed E-state index contributed by atoms with van der Waals surface area (Å²) in [5.74, 6) is -1.72. The summed E-state index contributed by atoms with van der Waals surface area (Å²) in [6.45, 7) is 0.191. The van der Waals surface area contributed by atoms with Crippen LogP contribution in [0.3, 0.4) is 0 Å². The minimum absolute atomic E-state index is 0.0365. The van der Waals surface area contributed by atoms with E-state index in [0.29, 0.717) is 0 Å². The third-order valence-corrected chi connectivity index (χ3v) is 3.05. The molecule has 0 aliphatic carbocycles. The van der Waals surface area contributed by atoms with E-state index >= 15 is 0 Å². The molecule has 2 N–H and O–H groups in total. The number of amides is 2. The minimum atomic E-state index is -0.990. The SMILES string of the molecule is CN(CCC(=O)O)C(=O)CCNC(=O)c1ccc([N+](=O)[O-])cc1. The number of non-ortho nitro benzene ring substituents is 1. The maximum atomic E-state index is 11.8. The summed E-state index contributed by atoms with van der Waals surface area (Å²) in [5.41, 5.74) is 0.138. The summed E-state index contributed by atoms with van der Waals surface area (Å²) in [6, 6.07) is 5.10. The molecule has 0 heterocycles. The van der Waals surface area contributed by atoms with Gasteiger partial charge in [0.2, 0.25) is 5.91 Å². The van der Waals surface area contributed by atoms with Gasteiger partial charge in [-0.3, -0.25) is 24.5 Å². The Morgan fingerprint density at radius 3 is 2.35 bits per heavy atom. The summed E-state index contributed by atoms with van der Waals surface area (Å²) in [4.78, 5) is 45.2. The molecule has 0 atom stereocenters. The molecular weight excluding hydrogens is 306 g/mol. The zero-order valence-electron chi connectivity index (χ0n) is 12.5. The zero-order chi connectivity index (χ0) is 17.4. The molecule has 0 fully saturated rings. The molecule has 9 heteroatoms. The fourth-order valence-corrected chi connectivity index (χ4v) is 1.70. The van der Waals surface area contributed by atoms with Gasteiger partial charge in [0.05, 0.1) is 11.3 Å². The van der Waals surface area contributed by atoms with Crippen LogP contribution >= 0.6 is 0 Å². The molecule has 0 aromatic heterocycles. The van der Waals surface area contributed by atoms with E-state index < -0.39 is 16.8 Å². The molecule has 2 amide bonds. The molecule has 0 unspecified atom stereocenters. The Kier molecular flexibility index (Phi) is 6.66. The number of nitro benzene ring substituents is 1. The summed E-state index contributed by atoms with van der Waals surface area (Å²) in [6.07, 6.45) is -0.105. The second-order valence-corrected chi connectivity index (χ2v) is 4.77. The lowest BCUT2D eigenvalue weighted by atomic mass is 10.2. The van der Waals surface area contributed by atoms with Crippen LogP contribution in [0.1, 0.15) is 23.2 Å². The summed E-state index contributed by atoms with van der Waals surface area (Å²) < 4.78 is 0. The van der Waals surface area contributed by atoms with E-state index in [1.54, 1.807) is 0 Å². The predicted molar refractivity (Wildman–Crippen MR) is 79.9 cm³/mol. The molecule has 0 aliphatic heterocycles. The van der Waals surface area contributed by atoms with Crippen molar-refractivity contribution < 1.29 is 24.4 Å². The van der Waals surface area contributed by atoms with Crippen molar-refractivity contribution in [1.29, 1.82) is 0 Å². The Bertz CT molecular complexity index is 599. The predicted octanol–water partition coefficient (Wildman–Crippen LogP) is 0.648. The molecule has 124 valence electrons. The number of hydrogen-bond acceptors (Lipinski definition) is 5. The van der Waals surface area contributed by atoms with Crippen molar-refractivity contribution in [3.05, 3.63) is 39.9 Å². The van der Waals surface area contributed by atoms with Crippen molar-refractivity contribution in [2.75, 3.05) is 20.1 Å². The maximum absolute atomic E-state index is 11.8. The van der Waals surface area contributed by atoms with E-state index in [9.17, 15) is 24.5 Å². The van der Waals surface area contributed by atoms with Crippen molar-refractivity contribution in [3.8, 4) is 0 Å². The number of aliphatic carboxylic acids is 1. The van der Waals surface area contributed by atoms with Crippen LogP contribution in [0, 0.1) is 10.1 Å². The summed E-state index contributed by atoms with van der Waals surface area (Å²) in [7, 11) is 1.49. The molecule has 0 radical (unpaired) electrons. The van der Waals surface area contributed by atoms with Crippen LogP contribution < -0.4 is 5.32 Å². The normalized spacial score (nSPS) is 9.96. The average molecular weight is 323 g/mol. The van der Waals surface area contributed by atoms with Crippen molar-refractivity contribution in [2.45, 2.75) is 12.8 Å². The molecule has 1 aromatic carbocycles. The van der Waals surface area contributed by atoms with E-state index in [1.807, 2.05) is 0 Å². The van der Waals surface area contributed by atoms with Crippen LogP contribution in [0.2, 0.25) is 0 Å². The number of hydrogen-bond donors (Lipinski definition) is 2. The van der Waals surface area contributed by atoms with Gasteiger partial charge in [-0.25, -0.2) is 0 Å². The zero-order valence-corrected chi connectivity index (χ0v) is 12.5. The molecule has 0 saturated carbocycles. The van der Waals surface area contributed by atoms with E-state index in [0.717, 1.165) is 0 Å².